The third-order valence-electron chi connectivity index (χ3n) is 2.38. The fourth-order valence-corrected chi connectivity index (χ4v) is 2.65. The highest BCUT2D eigenvalue weighted by atomic mass is 32.2. The number of methoxy groups -OCH3 is 1. The van der Waals surface area contributed by atoms with Crippen LogP contribution in [0.1, 0.15) is 12.5 Å². The van der Waals surface area contributed by atoms with Gasteiger partial charge in [-0.1, -0.05) is 0 Å². The van der Waals surface area contributed by atoms with Crippen molar-refractivity contribution in [3.8, 4) is 5.75 Å². The standard InChI is InChI=1S/C11H15NO5S/c1-7-6-9(4-5-10(7)17-3)18(15,16)12-8(2)11(13)14/h4-6,8,12H,1-3H3,(H,13,14)/t8-/m0/s1. The Bertz CT molecular complexity index is 553. The molecule has 6 nitrogen and oxygen atoms in total. The van der Waals surface area contributed by atoms with Crippen LogP contribution in [0.5, 0.6) is 5.75 Å². The molecule has 0 aromatic heterocycles. The summed E-state index contributed by atoms with van der Waals surface area (Å²) in [7, 11) is -2.35. The van der Waals surface area contributed by atoms with E-state index in [1.54, 1.807) is 6.92 Å². The maximum absolute atomic E-state index is 11.9. The van der Waals surface area contributed by atoms with E-state index in [9.17, 15) is 13.2 Å². The van der Waals surface area contributed by atoms with Crippen LogP contribution in [0.15, 0.2) is 23.1 Å². The van der Waals surface area contributed by atoms with Crippen LogP contribution in [-0.4, -0.2) is 32.6 Å². The fourth-order valence-electron chi connectivity index (χ4n) is 1.37. The van der Waals surface area contributed by atoms with Gasteiger partial charge in [-0.15, -0.1) is 0 Å². The molecular formula is C11H15NO5S. The summed E-state index contributed by atoms with van der Waals surface area (Å²) < 4.78 is 30.9. The molecule has 0 amide bonds. The lowest BCUT2D eigenvalue weighted by Gasteiger charge is -2.11. The quantitative estimate of drug-likeness (QED) is 0.826. The number of carboxylic acid groups (broad SMARTS) is 1. The second-order valence-corrected chi connectivity index (χ2v) is 5.53. The van der Waals surface area contributed by atoms with E-state index < -0.39 is 22.0 Å². The average molecular weight is 273 g/mol. The summed E-state index contributed by atoms with van der Waals surface area (Å²) >= 11 is 0. The van der Waals surface area contributed by atoms with Gasteiger partial charge in [0.05, 0.1) is 12.0 Å². The predicted molar refractivity (Wildman–Crippen MR) is 65.2 cm³/mol. The topological polar surface area (TPSA) is 92.7 Å². The third kappa shape index (κ3) is 3.21. The van der Waals surface area contributed by atoms with Crippen LogP contribution in [0.25, 0.3) is 0 Å². The van der Waals surface area contributed by atoms with Crippen molar-refractivity contribution in [2.75, 3.05) is 7.11 Å². The van der Waals surface area contributed by atoms with Crippen molar-refractivity contribution >= 4 is 16.0 Å². The second kappa shape index (κ2) is 5.36. The van der Waals surface area contributed by atoms with Gasteiger partial charge in [0.2, 0.25) is 10.0 Å². The molecule has 1 aromatic rings. The molecule has 0 spiro atoms. The molecule has 0 fully saturated rings. The lowest BCUT2D eigenvalue weighted by atomic mass is 10.2. The average Bonchev–Trinajstić information content (AvgIpc) is 2.28. The first-order valence-electron chi connectivity index (χ1n) is 5.17. The Hall–Kier alpha value is -1.60. The van der Waals surface area contributed by atoms with Gasteiger partial charge < -0.3 is 9.84 Å². The first-order chi connectivity index (χ1) is 8.27. The van der Waals surface area contributed by atoms with E-state index >= 15 is 0 Å². The SMILES string of the molecule is COc1ccc(S(=O)(=O)N[C@@H](C)C(=O)O)cc1C. The number of hydrogen-bond donors (Lipinski definition) is 2. The van der Waals surface area contributed by atoms with Crippen LogP contribution in [0.2, 0.25) is 0 Å². The molecule has 0 unspecified atom stereocenters. The van der Waals surface area contributed by atoms with E-state index in [0.29, 0.717) is 11.3 Å². The van der Waals surface area contributed by atoms with Crippen molar-refractivity contribution in [2.24, 2.45) is 0 Å². The van der Waals surface area contributed by atoms with Crippen LogP contribution in [0, 0.1) is 6.92 Å². The van der Waals surface area contributed by atoms with Crippen molar-refractivity contribution in [3.05, 3.63) is 23.8 Å². The lowest BCUT2D eigenvalue weighted by Crippen LogP contribution is -2.38. The van der Waals surface area contributed by atoms with Crippen LogP contribution in [-0.2, 0) is 14.8 Å². The van der Waals surface area contributed by atoms with E-state index in [4.69, 9.17) is 9.84 Å². The Kier molecular flexibility index (Phi) is 4.31. The van der Waals surface area contributed by atoms with Crippen LogP contribution in [0.3, 0.4) is 0 Å². The Morgan fingerprint density at radius 3 is 2.50 bits per heavy atom. The largest absolute Gasteiger partial charge is 0.496 e. The molecule has 1 aromatic carbocycles. The van der Waals surface area contributed by atoms with Crippen molar-refractivity contribution in [3.63, 3.8) is 0 Å². The van der Waals surface area contributed by atoms with Gasteiger partial charge in [-0.3, -0.25) is 4.79 Å². The zero-order valence-electron chi connectivity index (χ0n) is 10.3. The van der Waals surface area contributed by atoms with E-state index in [2.05, 4.69) is 4.72 Å². The summed E-state index contributed by atoms with van der Waals surface area (Å²) in [4.78, 5) is 10.6. The number of rotatable bonds is 5. The summed E-state index contributed by atoms with van der Waals surface area (Å²) in [6, 6.07) is 3.13. The van der Waals surface area contributed by atoms with Crippen LogP contribution in [0.4, 0.5) is 0 Å². The van der Waals surface area contributed by atoms with Crippen LogP contribution < -0.4 is 9.46 Å². The molecule has 18 heavy (non-hydrogen) atoms. The summed E-state index contributed by atoms with van der Waals surface area (Å²) in [6.45, 7) is 2.97. The zero-order chi connectivity index (χ0) is 13.9. The van der Waals surface area contributed by atoms with E-state index in [-0.39, 0.29) is 4.90 Å². The Labute approximate surface area is 106 Å². The zero-order valence-corrected chi connectivity index (χ0v) is 11.1. The van der Waals surface area contributed by atoms with Gasteiger partial charge in [-0.05, 0) is 37.6 Å². The molecule has 0 saturated carbocycles. The van der Waals surface area contributed by atoms with Crippen molar-refractivity contribution < 1.29 is 23.1 Å². The van der Waals surface area contributed by atoms with Crippen LogP contribution >= 0.6 is 0 Å². The molecule has 0 saturated heterocycles. The van der Waals surface area contributed by atoms with E-state index in [0.717, 1.165) is 0 Å². The molecule has 0 aliphatic rings. The molecular weight excluding hydrogens is 258 g/mol. The smallest absolute Gasteiger partial charge is 0.321 e. The minimum atomic E-state index is -3.84. The van der Waals surface area contributed by atoms with Gasteiger partial charge in [-0.25, -0.2) is 8.42 Å². The number of aryl methyl sites for hydroxylation is 1. The van der Waals surface area contributed by atoms with Gasteiger partial charge in [-0.2, -0.15) is 4.72 Å². The monoisotopic (exact) mass is 273 g/mol. The molecule has 0 heterocycles. The number of carboxylic acids is 1. The number of hydrogen-bond acceptors (Lipinski definition) is 4. The van der Waals surface area contributed by atoms with Gasteiger partial charge in [0.1, 0.15) is 11.8 Å². The summed E-state index contributed by atoms with van der Waals surface area (Å²) in [5.74, 6) is -0.663. The highest BCUT2D eigenvalue weighted by molar-refractivity contribution is 7.89. The lowest BCUT2D eigenvalue weighted by molar-refractivity contribution is -0.138. The number of sulfonamides is 1. The molecule has 0 aliphatic heterocycles. The van der Waals surface area contributed by atoms with Gasteiger partial charge in [0.15, 0.2) is 0 Å². The van der Waals surface area contributed by atoms with Crippen molar-refractivity contribution in [2.45, 2.75) is 24.8 Å². The Morgan fingerprint density at radius 1 is 1.44 bits per heavy atom. The Morgan fingerprint density at radius 2 is 2.06 bits per heavy atom. The number of benzene rings is 1. The van der Waals surface area contributed by atoms with Gasteiger partial charge in [0, 0.05) is 0 Å². The van der Waals surface area contributed by atoms with E-state index in [1.165, 1.54) is 32.2 Å². The predicted octanol–water partition coefficient (Wildman–Crippen LogP) is 0.755. The number of nitrogens with one attached hydrogen (secondary N) is 1. The molecule has 2 N–H and O–H groups in total. The molecule has 1 atom stereocenters. The van der Waals surface area contributed by atoms with Crippen molar-refractivity contribution in [1.82, 2.24) is 4.72 Å². The van der Waals surface area contributed by atoms with Crippen molar-refractivity contribution in [1.29, 1.82) is 0 Å². The minimum absolute atomic E-state index is 0.00824. The minimum Gasteiger partial charge on any atom is -0.496 e. The molecule has 7 heteroatoms. The molecule has 0 bridgehead atoms. The summed E-state index contributed by atoms with van der Waals surface area (Å²) in [5, 5.41) is 8.68. The Balaban J connectivity index is 3.06. The first kappa shape index (κ1) is 14.5. The molecule has 1 rings (SSSR count). The molecule has 0 aliphatic carbocycles. The summed E-state index contributed by atoms with van der Waals surface area (Å²) in [5.41, 5.74) is 0.656. The van der Waals surface area contributed by atoms with Gasteiger partial charge in [0.25, 0.3) is 0 Å². The van der Waals surface area contributed by atoms with Gasteiger partial charge >= 0.3 is 5.97 Å². The summed E-state index contributed by atoms with van der Waals surface area (Å²) in [6.07, 6.45) is 0. The highest BCUT2D eigenvalue weighted by Crippen LogP contribution is 2.21. The fraction of sp³-hybridized carbons (Fsp3) is 0.364. The third-order valence-corrected chi connectivity index (χ3v) is 3.92. The normalized spacial score (nSPS) is 13.1. The number of ether oxygens (including phenoxy) is 1. The molecule has 100 valence electrons. The number of aliphatic carboxylic acids is 1. The number of carbonyl (C=O) groups is 1. The highest BCUT2D eigenvalue weighted by Gasteiger charge is 2.21. The maximum Gasteiger partial charge on any atom is 0.321 e. The van der Waals surface area contributed by atoms with E-state index in [1.807, 2.05) is 0 Å². The molecule has 0 radical (unpaired) electrons. The second-order valence-electron chi connectivity index (χ2n) is 3.81. The first-order valence-corrected chi connectivity index (χ1v) is 6.66. The maximum atomic E-state index is 11.9.